The van der Waals surface area contributed by atoms with Crippen LogP contribution >= 0.6 is 0 Å². The molecule has 2 N–H and O–H groups in total. The Morgan fingerprint density at radius 1 is 0.957 bits per heavy atom. The van der Waals surface area contributed by atoms with Gasteiger partial charge in [0.25, 0.3) is 0 Å². The molecular formula is C19H30O4. The molecule has 0 radical (unpaired) electrons. The van der Waals surface area contributed by atoms with E-state index in [2.05, 4.69) is 13.8 Å². The SMILES string of the molecule is C[C@]12CCC[C@@H]1[C@@H]1CC[C@H](CC(=O)O)[C@@](C)(CC(=O)O)[C@H]1CC2. The summed E-state index contributed by atoms with van der Waals surface area (Å²) in [4.78, 5) is 22.8. The summed E-state index contributed by atoms with van der Waals surface area (Å²) < 4.78 is 0. The van der Waals surface area contributed by atoms with Gasteiger partial charge in [0.05, 0.1) is 6.42 Å². The van der Waals surface area contributed by atoms with E-state index < -0.39 is 11.9 Å². The fourth-order valence-electron chi connectivity index (χ4n) is 6.68. The molecule has 3 fully saturated rings. The molecule has 4 nitrogen and oxygen atoms in total. The van der Waals surface area contributed by atoms with Crippen LogP contribution in [-0.4, -0.2) is 22.2 Å². The summed E-state index contributed by atoms with van der Waals surface area (Å²) in [6.07, 6.45) is 8.38. The van der Waals surface area contributed by atoms with Crippen LogP contribution in [0.4, 0.5) is 0 Å². The van der Waals surface area contributed by atoms with Gasteiger partial charge in [0.15, 0.2) is 0 Å². The maximum atomic E-state index is 11.5. The molecule has 130 valence electrons. The van der Waals surface area contributed by atoms with Gasteiger partial charge in [-0.2, -0.15) is 0 Å². The molecule has 0 saturated heterocycles. The molecule has 0 bridgehead atoms. The zero-order valence-electron chi connectivity index (χ0n) is 14.4. The number of hydrogen-bond donors (Lipinski definition) is 2. The van der Waals surface area contributed by atoms with Gasteiger partial charge in [-0.15, -0.1) is 0 Å². The highest BCUT2D eigenvalue weighted by molar-refractivity contribution is 5.69. The smallest absolute Gasteiger partial charge is 0.303 e. The Labute approximate surface area is 138 Å². The largest absolute Gasteiger partial charge is 0.481 e. The van der Waals surface area contributed by atoms with E-state index in [0.717, 1.165) is 25.2 Å². The highest BCUT2D eigenvalue weighted by Gasteiger charge is 2.57. The summed E-state index contributed by atoms with van der Waals surface area (Å²) in [5.41, 5.74) is 0.0853. The van der Waals surface area contributed by atoms with Crippen molar-refractivity contribution in [3.63, 3.8) is 0 Å². The first-order valence-corrected chi connectivity index (χ1v) is 9.20. The summed E-state index contributed by atoms with van der Waals surface area (Å²) in [6, 6.07) is 0. The standard InChI is InChI=1S/C19H30O4/c1-18-8-3-4-14(18)13-6-5-12(10-16(20)21)19(2,11-17(22)23)15(13)7-9-18/h12-15H,3-11H2,1-2H3,(H,20,21)(H,22,23)/t12-,13+,14-,15+,18-,19-/m1/s1. The fraction of sp³-hybridized carbons (Fsp3) is 0.895. The Kier molecular flexibility index (Phi) is 4.22. The van der Waals surface area contributed by atoms with Crippen LogP contribution in [-0.2, 0) is 9.59 Å². The van der Waals surface area contributed by atoms with Crippen molar-refractivity contribution in [3.05, 3.63) is 0 Å². The number of carboxylic acid groups (broad SMARTS) is 2. The molecule has 0 spiro atoms. The van der Waals surface area contributed by atoms with Gasteiger partial charge in [-0.3, -0.25) is 9.59 Å². The highest BCUT2D eigenvalue weighted by Crippen LogP contribution is 2.64. The summed E-state index contributed by atoms with van der Waals surface area (Å²) in [5.74, 6) is 0.150. The van der Waals surface area contributed by atoms with Crippen molar-refractivity contribution in [2.75, 3.05) is 0 Å². The number of aliphatic carboxylic acids is 2. The topological polar surface area (TPSA) is 74.6 Å². The molecule has 0 aliphatic heterocycles. The zero-order chi connectivity index (χ0) is 16.8. The van der Waals surface area contributed by atoms with Crippen molar-refractivity contribution >= 4 is 11.9 Å². The van der Waals surface area contributed by atoms with Crippen LogP contribution in [0.1, 0.15) is 71.6 Å². The van der Waals surface area contributed by atoms with Crippen molar-refractivity contribution in [3.8, 4) is 0 Å². The molecule has 3 aliphatic rings. The Morgan fingerprint density at radius 2 is 1.70 bits per heavy atom. The molecular weight excluding hydrogens is 292 g/mol. The van der Waals surface area contributed by atoms with Crippen LogP contribution in [0.25, 0.3) is 0 Å². The van der Waals surface area contributed by atoms with E-state index >= 15 is 0 Å². The van der Waals surface area contributed by atoms with Crippen LogP contribution in [0, 0.1) is 34.5 Å². The molecule has 3 saturated carbocycles. The van der Waals surface area contributed by atoms with Crippen molar-refractivity contribution in [2.45, 2.75) is 71.6 Å². The van der Waals surface area contributed by atoms with E-state index in [1.807, 2.05) is 0 Å². The molecule has 6 atom stereocenters. The van der Waals surface area contributed by atoms with E-state index in [9.17, 15) is 19.8 Å². The van der Waals surface area contributed by atoms with Crippen molar-refractivity contribution in [1.29, 1.82) is 0 Å². The maximum Gasteiger partial charge on any atom is 0.303 e. The number of hydrogen-bond acceptors (Lipinski definition) is 2. The van der Waals surface area contributed by atoms with Gasteiger partial charge < -0.3 is 10.2 Å². The number of fused-ring (bicyclic) bond motifs is 3. The predicted octanol–water partition coefficient (Wildman–Crippen LogP) is 4.18. The van der Waals surface area contributed by atoms with Gasteiger partial charge in [-0.05, 0) is 73.0 Å². The van der Waals surface area contributed by atoms with Gasteiger partial charge >= 0.3 is 11.9 Å². The third-order valence-corrected chi connectivity index (χ3v) is 7.80. The van der Waals surface area contributed by atoms with Crippen molar-refractivity contribution in [1.82, 2.24) is 0 Å². The number of rotatable bonds is 4. The monoisotopic (exact) mass is 322 g/mol. The van der Waals surface area contributed by atoms with Crippen LogP contribution < -0.4 is 0 Å². The lowest BCUT2D eigenvalue weighted by Crippen LogP contribution is -2.52. The molecule has 0 heterocycles. The second kappa shape index (κ2) is 5.78. The van der Waals surface area contributed by atoms with Crippen molar-refractivity contribution < 1.29 is 19.8 Å². The quantitative estimate of drug-likeness (QED) is 0.814. The lowest BCUT2D eigenvalue weighted by atomic mass is 9.47. The van der Waals surface area contributed by atoms with E-state index in [4.69, 9.17) is 0 Å². The van der Waals surface area contributed by atoms with Crippen LogP contribution in [0.3, 0.4) is 0 Å². The summed E-state index contributed by atoms with van der Waals surface area (Å²) in [6.45, 7) is 4.50. The maximum absolute atomic E-state index is 11.5. The minimum Gasteiger partial charge on any atom is -0.481 e. The lowest BCUT2D eigenvalue weighted by molar-refractivity contribution is -0.154. The van der Waals surface area contributed by atoms with Gasteiger partial charge in [-0.25, -0.2) is 0 Å². The second-order valence-corrected chi connectivity index (χ2v) is 8.91. The Hall–Kier alpha value is -1.06. The predicted molar refractivity (Wildman–Crippen MR) is 87.0 cm³/mol. The molecule has 0 amide bonds. The number of carboxylic acids is 2. The highest BCUT2D eigenvalue weighted by atomic mass is 16.4. The van der Waals surface area contributed by atoms with E-state index in [1.165, 1.54) is 25.7 Å². The molecule has 3 rings (SSSR count). The van der Waals surface area contributed by atoms with Gasteiger partial charge in [0.1, 0.15) is 0 Å². The molecule has 0 aromatic heterocycles. The average Bonchev–Trinajstić information content (AvgIpc) is 2.82. The Bertz CT molecular complexity index is 502. The van der Waals surface area contributed by atoms with E-state index in [1.54, 1.807) is 0 Å². The van der Waals surface area contributed by atoms with Crippen molar-refractivity contribution in [2.24, 2.45) is 34.5 Å². The van der Waals surface area contributed by atoms with Crippen LogP contribution in [0.2, 0.25) is 0 Å². The van der Waals surface area contributed by atoms with Crippen LogP contribution in [0.15, 0.2) is 0 Å². The third kappa shape index (κ3) is 2.78. The Balaban J connectivity index is 1.90. The van der Waals surface area contributed by atoms with E-state index in [-0.39, 0.29) is 24.2 Å². The molecule has 4 heteroatoms. The number of carbonyl (C=O) groups is 2. The second-order valence-electron chi connectivity index (χ2n) is 8.91. The van der Waals surface area contributed by atoms with Gasteiger partial charge in [0.2, 0.25) is 0 Å². The normalized spacial score (nSPS) is 46.0. The minimum absolute atomic E-state index is 0.00288. The summed E-state index contributed by atoms with van der Waals surface area (Å²) in [7, 11) is 0. The molecule has 0 aromatic rings. The average molecular weight is 322 g/mol. The molecule has 0 unspecified atom stereocenters. The first kappa shape index (κ1) is 16.8. The van der Waals surface area contributed by atoms with Gasteiger partial charge in [-0.1, -0.05) is 20.3 Å². The van der Waals surface area contributed by atoms with Gasteiger partial charge in [0, 0.05) is 6.42 Å². The summed E-state index contributed by atoms with van der Waals surface area (Å²) in [5, 5.41) is 18.7. The zero-order valence-corrected chi connectivity index (χ0v) is 14.4. The molecule has 3 aliphatic carbocycles. The third-order valence-electron chi connectivity index (χ3n) is 7.80. The molecule has 0 aromatic carbocycles. The lowest BCUT2D eigenvalue weighted by Gasteiger charge is -2.58. The van der Waals surface area contributed by atoms with E-state index in [0.29, 0.717) is 17.3 Å². The molecule has 23 heavy (non-hydrogen) atoms. The fourth-order valence-corrected chi connectivity index (χ4v) is 6.68. The minimum atomic E-state index is -0.786. The first-order chi connectivity index (χ1) is 10.8. The Morgan fingerprint density at radius 3 is 2.35 bits per heavy atom. The first-order valence-electron chi connectivity index (χ1n) is 9.20. The van der Waals surface area contributed by atoms with Crippen LogP contribution in [0.5, 0.6) is 0 Å². The summed E-state index contributed by atoms with van der Waals surface area (Å²) >= 11 is 0.